The molecular weight excluding hydrogens is 252 g/mol. The van der Waals surface area contributed by atoms with Crippen molar-refractivity contribution in [3.63, 3.8) is 0 Å². The molecule has 120 valence electrons. The van der Waals surface area contributed by atoms with Gasteiger partial charge in [0.2, 0.25) is 0 Å². The monoisotopic (exact) mass is 286 g/mol. The van der Waals surface area contributed by atoms with E-state index in [2.05, 4.69) is 24.1 Å². The third kappa shape index (κ3) is 7.58. The number of nitrogens with zero attached hydrogens (tertiary/aromatic N) is 1. The zero-order valence-corrected chi connectivity index (χ0v) is 13.7. The van der Waals surface area contributed by atoms with E-state index in [1.807, 2.05) is 6.92 Å². The van der Waals surface area contributed by atoms with Crippen LogP contribution in [0.5, 0.6) is 0 Å². The lowest BCUT2D eigenvalue weighted by atomic mass is 9.95. The first kappa shape index (κ1) is 17.9. The number of aliphatic hydroxyl groups excluding tert-OH is 1. The lowest BCUT2D eigenvalue weighted by Gasteiger charge is -2.29. The molecule has 0 amide bonds. The molecule has 0 aromatic carbocycles. The summed E-state index contributed by atoms with van der Waals surface area (Å²) in [7, 11) is 0. The van der Waals surface area contributed by atoms with E-state index in [-0.39, 0.29) is 12.1 Å². The van der Waals surface area contributed by atoms with Crippen LogP contribution in [0.15, 0.2) is 0 Å². The van der Waals surface area contributed by atoms with Gasteiger partial charge >= 0.3 is 0 Å². The summed E-state index contributed by atoms with van der Waals surface area (Å²) in [4.78, 5) is 2.44. The minimum atomic E-state index is -0.0798. The highest BCUT2D eigenvalue weighted by atomic mass is 16.5. The smallest absolute Gasteiger partial charge is 0.0610 e. The Morgan fingerprint density at radius 2 is 2.00 bits per heavy atom. The van der Waals surface area contributed by atoms with Gasteiger partial charge in [0.25, 0.3) is 0 Å². The molecule has 0 radical (unpaired) electrons. The van der Waals surface area contributed by atoms with E-state index in [4.69, 9.17) is 4.74 Å². The zero-order valence-electron chi connectivity index (χ0n) is 13.7. The first-order chi connectivity index (χ1) is 9.63. The van der Waals surface area contributed by atoms with Crippen LogP contribution in [-0.2, 0) is 4.74 Å². The van der Waals surface area contributed by atoms with Crippen molar-refractivity contribution in [2.24, 2.45) is 0 Å². The first-order valence-corrected chi connectivity index (χ1v) is 8.32. The summed E-state index contributed by atoms with van der Waals surface area (Å²) in [5.74, 6) is 0. The summed E-state index contributed by atoms with van der Waals surface area (Å²) in [5, 5.41) is 13.1. The normalized spacial score (nSPS) is 18.4. The fraction of sp³-hybridized carbons (Fsp3) is 1.00. The van der Waals surface area contributed by atoms with Gasteiger partial charge in [-0.3, -0.25) is 0 Å². The van der Waals surface area contributed by atoms with Gasteiger partial charge in [-0.05, 0) is 52.6 Å². The van der Waals surface area contributed by atoms with E-state index in [1.54, 1.807) is 0 Å². The average Bonchev–Trinajstić information content (AvgIpc) is 3.25. The SMILES string of the molecule is CCOCCN(CC)CCCCC(C)(CO)NC1CC1. The van der Waals surface area contributed by atoms with Crippen molar-refractivity contribution in [3.05, 3.63) is 0 Å². The molecule has 1 aliphatic carbocycles. The van der Waals surface area contributed by atoms with Gasteiger partial charge in [0.1, 0.15) is 0 Å². The van der Waals surface area contributed by atoms with Gasteiger partial charge in [0.05, 0.1) is 13.2 Å². The highest BCUT2D eigenvalue weighted by molar-refractivity contribution is 4.92. The molecule has 4 nitrogen and oxygen atoms in total. The standard InChI is InChI=1S/C16H34N2O2/c1-4-18(12-13-20-5-2)11-7-6-10-16(3,14-19)17-15-8-9-15/h15,17,19H,4-14H2,1-3H3. The van der Waals surface area contributed by atoms with Gasteiger partial charge in [-0.2, -0.15) is 0 Å². The van der Waals surface area contributed by atoms with Gasteiger partial charge in [0.15, 0.2) is 0 Å². The quantitative estimate of drug-likeness (QED) is 0.509. The molecule has 1 aliphatic rings. The Balaban J connectivity index is 2.11. The lowest BCUT2D eigenvalue weighted by molar-refractivity contribution is 0.113. The maximum Gasteiger partial charge on any atom is 0.0610 e. The summed E-state index contributed by atoms with van der Waals surface area (Å²) in [5.41, 5.74) is -0.0798. The Bertz CT molecular complexity index is 247. The Morgan fingerprint density at radius 3 is 2.55 bits per heavy atom. The largest absolute Gasteiger partial charge is 0.394 e. The van der Waals surface area contributed by atoms with Crippen LogP contribution < -0.4 is 5.32 Å². The fourth-order valence-electron chi connectivity index (χ4n) is 2.53. The molecule has 0 bridgehead atoms. The van der Waals surface area contributed by atoms with Crippen molar-refractivity contribution in [2.75, 3.05) is 39.5 Å². The number of rotatable bonds is 13. The summed E-state index contributed by atoms with van der Waals surface area (Å²) in [6.45, 7) is 11.5. The Morgan fingerprint density at radius 1 is 1.25 bits per heavy atom. The van der Waals surface area contributed by atoms with Gasteiger partial charge in [0, 0.05) is 24.7 Å². The highest BCUT2D eigenvalue weighted by Crippen LogP contribution is 2.24. The molecule has 1 unspecified atom stereocenters. The predicted octanol–water partition coefficient (Wildman–Crippen LogP) is 2.02. The van der Waals surface area contributed by atoms with Gasteiger partial charge in [-0.1, -0.05) is 13.3 Å². The number of nitrogens with one attached hydrogen (secondary N) is 1. The number of likely N-dealkylation sites (N-methyl/N-ethyl adjacent to an activating group) is 1. The minimum absolute atomic E-state index is 0.0798. The molecule has 2 N–H and O–H groups in total. The molecule has 0 aromatic rings. The van der Waals surface area contributed by atoms with E-state index < -0.39 is 0 Å². The second-order valence-corrected chi connectivity index (χ2v) is 6.23. The van der Waals surface area contributed by atoms with Gasteiger partial charge < -0.3 is 20.1 Å². The van der Waals surface area contributed by atoms with E-state index in [1.165, 1.54) is 25.7 Å². The third-order valence-electron chi connectivity index (χ3n) is 4.13. The summed E-state index contributed by atoms with van der Waals surface area (Å²) in [6.07, 6.45) is 5.97. The number of unbranched alkanes of at least 4 members (excludes halogenated alkanes) is 1. The van der Waals surface area contributed by atoms with Crippen LogP contribution in [0.2, 0.25) is 0 Å². The van der Waals surface area contributed by atoms with Crippen LogP contribution in [0.4, 0.5) is 0 Å². The number of aliphatic hydroxyl groups is 1. The Labute approximate surface area is 124 Å². The van der Waals surface area contributed by atoms with E-state index in [0.29, 0.717) is 6.04 Å². The van der Waals surface area contributed by atoms with Crippen LogP contribution in [0.25, 0.3) is 0 Å². The van der Waals surface area contributed by atoms with Crippen LogP contribution in [-0.4, -0.2) is 61.0 Å². The lowest BCUT2D eigenvalue weighted by Crippen LogP contribution is -2.47. The van der Waals surface area contributed by atoms with Crippen molar-refractivity contribution < 1.29 is 9.84 Å². The molecule has 0 heterocycles. The van der Waals surface area contributed by atoms with Crippen molar-refractivity contribution in [3.8, 4) is 0 Å². The zero-order chi connectivity index (χ0) is 14.8. The molecule has 4 heteroatoms. The molecule has 1 fully saturated rings. The van der Waals surface area contributed by atoms with Crippen LogP contribution >= 0.6 is 0 Å². The van der Waals surface area contributed by atoms with Crippen LogP contribution in [0.3, 0.4) is 0 Å². The second-order valence-electron chi connectivity index (χ2n) is 6.23. The molecule has 20 heavy (non-hydrogen) atoms. The number of ether oxygens (including phenoxy) is 1. The van der Waals surface area contributed by atoms with Crippen molar-refractivity contribution >= 4 is 0 Å². The summed E-state index contributed by atoms with van der Waals surface area (Å²) >= 11 is 0. The van der Waals surface area contributed by atoms with Crippen molar-refractivity contribution in [1.82, 2.24) is 10.2 Å². The molecule has 0 saturated heterocycles. The molecular formula is C16H34N2O2. The van der Waals surface area contributed by atoms with E-state index >= 15 is 0 Å². The number of hydrogen-bond donors (Lipinski definition) is 2. The van der Waals surface area contributed by atoms with Gasteiger partial charge in [-0.15, -0.1) is 0 Å². The summed E-state index contributed by atoms with van der Waals surface area (Å²) in [6, 6.07) is 0.658. The van der Waals surface area contributed by atoms with E-state index in [0.717, 1.165) is 39.3 Å². The minimum Gasteiger partial charge on any atom is -0.394 e. The second kappa shape index (κ2) is 9.72. The topological polar surface area (TPSA) is 44.7 Å². The van der Waals surface area contributed by atoms with E-state index in [9.17, 15) is 5.11 Å². The highest BCUT2D eigenvalue weighted by Gasteiger charge is 2.31. The predicted molar refractivity (Wildman–Crippen MR) is 84.1 cm³/mol. The van der Waals surface area contributed by atoms with Crippen molar-refractivity contribution in [2.45, 2.75) is 64.5 Å². The molecule has 1 atom stereocenters. The maximum atomic E-state index is 9.57. The first-order valence-electron chi connectivity index (χ1n) is 8.32. The maximum absolute atomic E-state index is 9.57. The molecule has 0 aliphatic heterocycles. The number of hydrogen-bond acceptors (Lipinski definition) is 4. The Hall–Kier alpha value is -0.160. The molecule has 0 aromatic heterocycles. The molecule has 0 spiro atoms. The average molecular weight is 286 g/mol. The van der Waals surface area contributed by atoms with Crippen LogP contribution in [0, 0.1) is 0 Å². The van der Waals surface area contributed by atoms with Crippen molar-refractivity contribution in [1.29, 1.82) is 0 Å². The Kier molecular flexibility index (Phi) is 8.69. The fourth-order valence-corrected chi connectivity index (χ4v) is 2.53. The van der Waals surface area contributed by atoms with Gasteiger partial charge in [-0.25, -0.2) is 0 Å². The molecule has 1 rings (SSSR count). The summed E-state index contributed by atoms with van der Waals surface area (Å²) < 4.78 is 5.41. The third-order valence-corrected chi connectivity index (χ3v) is 4.13. The van der Waals surface area contributed by atoms with Crippen LogP contribution in [0.1, 0.15) is 52.9 Å². The molecule has 1 saturated carbocycles.